The second-order valence-corrected chi connectivity index (χ2v) is 5.88. The zero-order valence-electron chi connectivity index (χ0n) is 9.53. The van der Waals surface area contributed by atoms with Crippen LogP contribution in [0.4, 0.5) is 0 Å². The van der Waals surface area contributed by atoms with Crippen LogP contribution in [0.25, 0.3) is 0 Å². The minimum atomic E-state index is -0.237. The van der Waals surface area contributed by atoms with Crippen LogP contribution in [0.2, 0.25) is 0 Å². The Labute approximate surface area is 90.1 Å². The van der Waals surface area contributed by atoms with Gasteiger partial charge in [0.1, 0.15) is 0 Å². The molecule has 3 fully saturated rings. The van der Waals surface area contributed by atoms with Crippen LogP contribution in [0.5, 0.6) is 0 Å². The lowest BCUT2D eigenvalue weighted by atomic mass is 9.70. The summed E-state index contributed by atoms with van der Waals surface area (Å²) in [4.78, 5) is 11.2. The standard InChI is InChI=1S/C12H18O3/c1-6-4-8-10(12(6,2)3)7-5-9(13)15-11(7)14-8/h6-8,10-11H,4-5H2,1-3H3/t6-,7?,8-,10-,11?/m0/s1. The summed E-state index contributed by atoms with van der Waals surface area (Å²) in [5.41, 5.74) is 0.276. The summed E-state index contributed by atoms with van der Waals surface area (Å²) in [6.45, 7) is 6.89. The van der Waals surface area contributed by atoms with E-state index in [1.54, 1.807) is 0 Å². The molecule has 84 valence electrons. The zero-order valence-corrected chi connectivity index (χ0v) is 9.53. The number of esters is 1. The van der Waals surface area contributed by atoms with Crippen LogP contribution >= 0.6 is 0 Å². The van der Waals surface area contributed by atoms with E-state index in [0.717, 1.165) is 6.42 Å². The summed E-state index contributed by atoms with van der Waals surface area (Å²) < 4.78 is 11.0. The Morgan fingerprint density at radius 2 is 2.13 bits per heavy atom. The lowest BCUT2D eigenvalue weighted by Crippen LogP contribution is -2.30. The zero-order chi connectivity index (χ0) is 10.8. The van der Waals surface area contributed by atoms with Gasteiger partial charge in [0.05, 0.1) is 12.5 Å². The third-order valence-electron chi connectivity index (χ3n) is 4.89. The highest BCUT2D eigenvalue weighted by Crippen LogP contribution is 2.58. The van der Waals surface area contributed by atoms with Gasteiger partial charge >= 0.3 is 5.97 Å². The number of ether oxygens (including phenoxy) is 2. The monoisotopic (exact) mass is 210 g/mol. The quantitative estimate of drug-likeness (QED) is 0.573. The largest absolute Gasteiger partial charge is 0.435 e. The van der Waals surface area contributed by atoms with Crippen molar-refractivity contribution in [1.29, 1.82) is 0 Å². The highest BCUT2D eigenvalue weighted by atomic mass is 16.7. The number of rotatable bonds is 0. The fourth-order valence-corrected chi connectivity index (χ4v) is 3.73. The van der Waals surface area contributed by atoms with Crippen molar-refractivity contribution in [3.8, 4) is 0 Å². The summed E-state index contributed by atoms with van der Waals surface area (Å²) in [6, 6.07) is 0. The number of carbonyl (C=O) groups excluding carboxylic acids is 1. The Morgan fingerprint density at radius 1 is 1.40 bits per heavy atom. The predicted molar refractivity (Wildman–Crippen MR) is 53.9 cm³/mol. The van der Waals surface area contributed by atoms with Crippen molar-refractivity contribution in [2.24, 2.45) is 23.2 Å². The maximum Gasteiger partial charge on any atom is 0.308 e. The van der Waals surface area contributed by atoms with Crippen molar-refractivity contribution in [1.82, 2.24) is 0 Å². The molecule has 2 unspecified atom stereocenters. The predicted octanol–water partition coefficient (Wildman–Crippen LogP) is 1.96. The van der Waals surface area contributed by atoms with Crippen molar-refractivity contribution in [2.75, 3.05) is 0 Å². The third-order valence-corrected chi connectivity index (χ3v) is 4.89. The van der Waals surface area contributed by atoms with Crippen molar-refractivity contribution in [3.05, 3.63) is 0 Å². The normalized spacial score (nSPS) is 51.4. The van der Waals surface area contributed by atoms with Gasteiger partial charge in [-0.05, 0) is 23.7 Å². The molecule has 2 heterocycles. The molecule has 15 heavy (non-hydrogen) atoms. The fourth-order valence-electron chi connectivity index (χ4n) is 3.73. The molecule has 1 saturated carbocycles. The van der Waals surface area contributed by atoms with E-state index in [2.05, 4.69) is 20.8 Å². The minimum absolute atomic E-state index is 0.0844. The minimum Gasteiger partial charge on any atom is -0.435 e. The van der Waals surface area contributed by atoms with Crippen LogP contribution < -0.4 is 0 Å². The first-order valence-corrected chi connectivity index (χ1v) is 5.85. The lowest BCUT2D eigenvalue weighted by Gasteiger charge is -2.32. The third kappa shape index (κ3) is 1.13. The first kappa shape index (κ1) is 9.64. The van der Waals surface area contributed by atoms with E-state index < -0.39 is 0 Å². The second-order valence-electron chi connectivity index (χ2n) is 5.88. The van der Waals surface area contributed by atoms with Crippen LogP contribution in [0.15, 0.2) is 0 Å². The van der Waals surface area contributed by atoms with Gasteiger partial charge in [-0.1, -0.05) is 20.8 Å². The molecule has 0 aromatic heterocycles. The molecule has 0 bridgehead atoms. The summed E-state index contributed by atoms with van der Waals surface area (Å²) in [5.74, 6) is 1.40. The Hall–Kier alpha value is -0.570. The van der Waals surface area contributed by atoms with E-state index in [0.29, 0.717) is 30.3 Å². The van der Waals surface area contributed by atoms with Gasteiger partial charge in [-0.2, -0.15) is 0 Å². The first-order chi connectivity index (χ1) is 7.00. The summed E-state index contributed by atoms with van der Waals surface area (Å²) in [7, 11) is 0. The van der Waals surface area contributed by atoms with Crippen LogP contribution in [0.3, 0.4) is 0 Å². The van der Waals surface area contributed by atoms with Gasteiger partial charge in [0.15, 0.2) is 0 Å². The Morgan fingerprint density at radius 3 is 2.87 bits per heavy atom. The van der Waals surface area contributed by atoms with Gasteiger partial charge in [-0.3, -0.25) is 4.79 Å². The van der Waals surface area contributed by atoms with E-state index in [1.807, 2.05) is 0 Å². The Balaban J connectivity index is 1.91. The summed E-state index contributed by atoms with van der Waals surface area (Å²) in [6.07, 6.45) is 1.75. The van der Waals surface area contributed by atoms with E-state index in [-0.39, 0.29) is 17.7 Å². The first-order valence-electron chi connectivity index (χ1n) is 5.85. The van der Waals surface area contributed by atoms with Crippen molar-refractivity contribution in [3.63, 3.8) is 0 Å². The van der Waals surface area contributed by atoms with E-state index in [4.69, 9.17) is 9.47 Å². The van der Waals surface area contributed by atoms with E-state index in [9.17, 15) is 4.79 Å². The van der Waals surface area contributed by atoms with Gasteiger partial charge in [0, 0.05) is 5.92 Å². The van der Waals surface area contributed by atoms with Crippen molar-refractivity contribution < 1.29 is 14.3 Å². The Kier molecular flexibility index (Phi) is 1.77. The van der Waals surface area contributed by atoms with Gasteiger partial charge in [-0.15, -0.1) is 0 Å². The molecule has 5 atom stereocenters. The van der Waals surface area contributed by atoms with E-state index >= 15 is 0 Å². The molecule has 3 aliphatic rings. The average molecular weight is 210 g/mol. The molecule has 0 radical (unpaired) electrons. The number of carbonyl (C=O) groups is 1. The number of hydrogen-bond donors (Lipinski definition) is 0. The molecular formula is C12H18O3. The molecule has 0 amide bonds. The molecule has 2 aliphatic heterocycles. The van der Waals surface area contributed by atoms with Crippen LogP contribution in [0, 0.1) is 23.2 Å². The summed E-state index contributed by atoms with van der Waals surface area (Å²) in [5, 5.41) is 0. The smallest absolute Gasteiger partial charge is 0.308 e. The summed E-state index contributed by atoms with van der Waals surface area (Å²) >= 11 is 0. The van der Waals surface area contributed by atoms with Crippen LogP contribution in [0.1, 0.15) is 33.6 Å². The molecule has 0 aromatic carbocycles. The van der Waals surface area contributed by atoms with Gasteiger partial charge in [-0.25, -0.2) is 0 Å². The molecule has 0 aromatic rings. The molecule has 0 N–H and O–H groups in total. The highest BCUT2D eigenvalue weighted by molar-refractivity contribution is 5.72. The molecule has 3 heteroatoms. The van der Waals surface area contributed by atoms with Gasteiger partial charge < -0.3 is 9.47 Å². The van der Waals surface area contributed by atoms with E-state index in [1.165, 1.54) is 0 Å². The number of fused-ring (bicyclic) bond motifs is 3. The SMILES string of the molecule is C[C@H]1C[C@@H]2OC3OC(=O)CC3[C@@H]2C1(C)C. The molecule has 1 aliphatic carbocycles. The number of hydrogen-bond acceptors (Lipinski definition) is 3. The van der Waals surface area contributed by atoms with Gasteiger partial charge in [0.25, 0.3) is 0 Å². The van der Waals surface area contributed by atoms with Gasteiger partial charge in [0.2, 0.25) is 6.29 Å². The molecule has 0 spiro atoms. The topological polar surface area (TPSA) is 35.5 Å². The van der Waals surface area contributed by atoms with Crippen LogP contribution in [-0.4, -0.2) is 18.4 Å². The van der Waals surface area contributed by atoms with Crippen LogP contribution in [-0.2, 0) is 14.3 Å². The molecule has 3 rings (SSSR count). The molecule has 2 saturated heterocycles. The lowest BCUT2D eigenvalue weighted by molar-refractivity contribution is -0.164. The second kappa shape index (κ2) is 2.76. The highest BCUT2D eigenvalue weighted by Gasteiger charge is 2.61. The Bertz CT molecular complexity index is 310. The van der Waals surface area contributed by atoms with Crippen molar-refractivity contribution >= 4 is 5.97 Å². The molecular weight excluding hydrogens is 192 g/mol. The molecule has 3 nitrogen and oxygen atoms in total. The fraction of sp³-hybridized carbons (Fsp3) is 0.917. The maximum atomic E-state index is 11.2. The average Bonchev–Trinajstić information content (AvgIpc) is 2.64. The van der Waals surface area contributed by atoms with Crippen molar-refractivity contribution in [2.45, 2.75) is 46.0 Å². The maximum absolute atomic E-state index is 11.2.